The number of aryl methyl sites for hydroxylation is 1. The minimum Gasteiger partial charge on any atom is -0.497 e. The molecule has 0 saturated carbocycles. The summed E-state index contributed by atoms with van der Waals surface area (Å²) < 4.78 is 12.2. The number of amides is 1. The van der Waals surface area contributed by atoms with Crippen LogP contribution in [0.3, 0.4) is 0 Å². The smallest absolute Gasteiger partial charge is 0.233 e. The van der Waals surface area contributed by atoms with Gasteiger partial charge in [-0.2, -0.15) is 4.68 Å². The van der Waals surface area contributed by atoms with Crippen LogP contribution in [0.1, 0.15) is 18.1 Å². The molecule has 0 bridgehead atoms. The summed E-state index contributed by atoms with van der Waals surface area (Å²) in [6.07, 6.45) is 0.998. The Kier molecular flexibility index (Phi) is 7.29. The molecule has 158 valence electrons. The average Bonchev–Trinajstić information content (AvgIpc) is 3.25. The van der Waals surface area contributed by atoms with Crippen LogP contribution in [0.4, 0.5) is 0 Å². The zero-order chi connectivity index (χ0) is 21.5. The van der Waals surface area contributed by atoms with Crippen LogP contribution in [0, 0.1) is 0 Å². The van der Waals surface area contributed by atoms with Crippen molar-refractivity contribution in [3.63, 3.8) is 0 Å². The first-order valence-electron chi connectivity index (χ1n) is 9.51. The van der Waals surface area contributed by atoms with Crippen molar-refractivity contribution in [2.24, 2.45) is 0 Å². The Morgan fingerprint density at radius 1 is 1.10 bits per heavy atom. The number of aromatic nitrogens is 4. The molecule has 3 rings (SSSR count). The van der Waals surface area contributed by atoms with Gasteiger partial charge in [0.05, 0.1) is 20.0 Å². The van der Waals surface area contributed by atoms with Crippen molar-refractivity contribution in [3.05, 3.63) is 53.6 Å². The van der Waals surface area contributed by atoms with E-state index in [-0.39, 0.29) is 11.7 Å². The van der Waals surface area contributed by atoms with E-state index in [9.17, 15) is 4.79 Å². The van der Waals surface area contributed by atoms with E-state index in [0.717, 1.165) is 12.0 Å². The molecule has 0 saturated heterocycles. The van der Waals surface area contributed by atoms with Crippen molar-refractivity contribution >= 4 is 17.7 Å². The second-order valence-corrected chi connectivity index (χ2v) is 7.56. The van der Waals surface area contributed by atoms with Gasteiger partial charge in [0.15, 0.2) is 0 Å². The van der Waals surface area contributed by atoms with Crippen LogP contribution in [0.5, 0.6) is 11.5 Å². The van der Waals surface area contributed by atoms with Gasteiger partial charge in [0.1, 0.15) is 17.2 Å². The van der Waals surface area contributed by atoms with E-state index in [1.54, 1.807) is 49.0 Å². The third kappa shape index (κ3) is 5.10. The maximum atomic E-state index is 12.6. The number of hydrogen-bond acceptors (Lipinski definition) is 7. The summed E-state index contributed by atoms with van der Waals surface area (Å²) in [5, 5.41) is 12.4. The van der Waals surface area contributed by atoms with Gasteiger partial charge in [0.25, 0.3) is 0 Å². The maximum Gasteiger partial charge on any atom is 0.233 e. The highest BCUT2D eigenvalue weighted by Crippen LogP contribution is 2.29. The number of ether oxygens (including phenoxy) is 2. The highest BCUT2D eigenvalue weighted by atomic mass is 32.2. The lowest BCUT2D eigenvalue weighted by Gasteiger charge is -2.17. The summed E-state index contributed by atoms with van der Waals surface area (Å²) in [5.41, 5.74) is 3.02. The molecule has 0 aliphatic heterocycles. The molecule has 9 heteroatoms. The van der Waals surface area contributed by atoms with Crippen LogP contribution in [0.15, 0.2) is 47.6 Å². The molecule has 2 aromatic carbocycles. The van der Waals surface area contributed by atoms with Gasteiger partial charge < -0.3 is 14.4 Å². The summed E-state index contributed by atoms with van der Waals surface area (Å²) in [7, 11) is 4.96. The minimum absolute atomic E-state index is 0.00766. The zero-order valence-corrected chi connectivity index (χ0v) is 18.3. The quantitative estimate of drug-likeness (QED) is 0.486. The first kappa shape index (κ1) is 21.6. The summed E-state index contributed by atoms with van der Waals surface area (Å²) in [5.74, 6) is 1.47. The molecule has 0 aliphatic rings. The van der Waals surface area contributed by atoms with Crippen LogP contribution in [-0.4, -0.2) is 58.0 Å². The number of tetrazole rings is 1. The van der Waals surface area contributed by atoms with Crippen molar-refractivity contribution in [2.45, 2.75) is 25.0 Å². The zero-order valence-electron chi connectivity index (χ0n) is 17.5. The van der Waals surface area contributed by atoms with Gasteiger partial charge in [-0.3, -0.25) is 4.79 Å². The highest BCUT2D eigenvalue weighted by molar-refractivity contribution is 7.99. The van der Waals surface area contributed by atoms with Crippen molar-refractivity contribution in [1.29, 1.82) is 0 Å². The molecule has 0 fully saturated rings. The van der Waals surface area contributed by atoms with Crippen LogP contribution in [-0.2, 0) is 17.8 Å². The van der Waals surface area contributed by atoms with E-state index in [2.05, 4.69) is 46.7 Å². The molecule has 0 atom stereocenters. The first-order chi connectivity index (χ1) is 14.5. The molecule has 0 N–H and O–H groups in total. The van der Waals surface area contributed by atoms with Gasteiger partial charge in [-0.1, -0.05) is 43.0 Å². The molecule has 8 nitrogen and oxygen atoms in total. The molecule has 1 aromatic heterocycles. The Balaban J connectivity index is 1.67. The lowest BCUT2D eigenvalue weighted by molar-refractivity contribution is -0.127. The summed E-state index contributed by atoms with van der Waals surface area (Å²) in [6, 6.07) is 13.7. The molecule has 1 amide bonds. The molecule has 0 aliphatic carbocycles. The standard InChI is InChI=1S/C21H25N5O3S/c1-5-15-6-8-16(9-7-15)13-25(2)20(27)14-30-21-22-23-24-26(21)18-12-17(28-3)10-11-19(18)29-4/h6-12H,5,13-14H2,1-4H3. The summed E-state index contributed by atoms with van der Waals surface area (Å²) in [6.45, 7) is 2.68. The first-order valence-corrected chi connectivity index (χ1v) is 10.5. The van der Waals surface area contributed by atoms with Gasteiger partial charge in [-0.15, -0.1) is 5.10 Å². The molecule has 1 heterocycles. The fourth-order valence-corrected chi connectivity index (χ4v) is 3.69. The van der Waals surface area contributed by atoms with Crippen molar-refractivity contribution < 1.29 is 14.3 Å². The number of benzene rings is 2. The fourth-order valence-electron chi connectivity index (χ4n) is 2.86. The van der Waals surface area contributed by atoms with Gasteiger partial charge in [0.2, 0.25) is 11.1 Å². The van der Waals surface area contributed by atoms with Crippen LogP contribution >= 0.6 is 11.8 Å². The molecular formula is C21H25N5O3S. The van der Waals surface area contributed by atoms with Crippen molar-refractivity contribution in [3.8, 4) is 17.2 Å². The van der Waals surface area contributed by atoms with E-state index in [0.29, 0.717) is 28.9 Å². The number of nitrogens with zero attached hydrogens (tertiary/aromatic N) is 5. The van der Waals surface area contributed by atoms with Crippen LogP contribution < -0.4 is 9.47 Å². The lowest BCUT2D eigenvalue weighted by Crippen LogP contribution is -2.27. The Morgan fingerprint density at radius 2 is 1.83 bits per heavy atom. The minimum atomic E-state index is -0.00766. The highest BCUT2D eigenvalue weighted by Gasteiger charge is 2.17. The average molecular weight is 428 g/mol. The fraction of sp³-hybridized carbons (Fsp3) is 0.333. The molecule has 30 heavy (non-hydrogen) atoms. The van der Waals surface area contributed by atoms with Gasteiger partial charge in [-0.25, -0.2) is 0 Å². The molecule has 0 unspecified atom stereocenters. The predicted molar refractivity (Wildman–Crippen MR) is 115 cm³/mol. The third-order valence-corrected chi connectivity index (χ3v) is 5.56. The number of rotatable bonds is 9. The van der Waals surface area contributed by atoms with Crippen molar-refractivity contribution in [2.75, 3.05) is 27.0 Å². The van der Waals surface area contributed by atoms with E-state index in [4.69, 9.17) is 9.47 Å². The van der Waals surface area contributed by atoms with E-state index in [1.807, 2.05) is 0 Å². The van der Waals surface area contributed by atoms with Crippen LogP contribution in [0.25, 0.3) is 5.69 Å². The molecule has 0 radical (unpaired) electrons. The summed E-state index contributed by atoms with van der Waals surface area (Å²) in [4.78, 5) is 14.3. The second-order valence-electron chi connectivity index (χ2n) is 6.62. The van der Waals surface area contributed by atoms with E-state index < -0.39 is 0 Å². The number of thioether (sulfide) groups is 1. The van der Waals surface area contributed by atoms with Crippen LogP contribution in [0.2, 0.25) is 0 Å². The Morgan fingerprint density at radius 3 is 2.50 bits per heavy atom. The Hall–Kier alpha value is -3.07. The predicted octanol–water partition coefficient (Wildman–Crippen LogP) is 2.99. The van der Waals surface area contributed by atoms with Gasteiger partial charge in [0, 0.05) is 19.7 Å². The second kappa shape index (κ2) is 10.1. The lowest BCUT2D eigenvalue weighted by atomic mass is 10.1. The Labute approximate surface area is 180 Å². The van der Waals surface area contributed by atoms with Gasteiger partial charge in [-0.05, 0) is 40.1 Å². The topological polar surface area (TPSA) is 82.4 Å². The number of hydrogen-bond donors (Lipinski definition) is 0. The third-order valence-electron chi connectivity index (χ3n) is 4.66. The summed E-state index contributed by atoms with van der Waals surface area (Å²) >= 11 is 1.27. The normalized spacial score (nSPS) is 10.7. The SMILES string of the molecule is CCc1ccc(CN(C)C(=O)CSc2nnnn2-c2cc(OC)ccc2OC)cc1. The van der Waals surface area contributed by atoms with Gasteiger partial charge >= 0.3 is 0 Å². The molecule has 0 spiro atoms. The monoisotopic (exact) mass is 427 g/mol. The number of carbonyl (C=O) groups excluding carboxylic acids is 1. The maximum absolute atomic E-state index is 12.6. The number of carbonyl (C=O) groups is 1. The molecular weight excluding hydrogens is 402 g/mol. The van der Waals surface area contributed by atoms with E-state index >= 15 is 0 Å². The number of methoxy groups -OCH3 is 2. The largest absolute Gasteiger partial charge is 0.497 e. The van der Waals surface area contributed by atoms with Crippen molar-refractivity contribution in [1.82, 2.24) is 25.1 Å². The van der Waals surface area contributed by atoms with E-state index in [1.165, 1.54) is 17.3 Å². The Bertz CT molecular complexity index is 991. The molecule has 3 aromatic rings.